The van der Waals surface area contributed by atoms with E-state index in [-0.39, 0.29) is 5.69 Å². The molecule has 0 bridgehead atoms. The number of anilines is 1. The highest BCUT2D eigenvalue weighted by Crippen LogP contribution is 2.15. The molecule has 1 aromatic heterocycles. The van der Waals surface area contributed by atoms with Gasteiger partial charge in [0.2, 0.25) is 0 Å². The van der Waals surface area contributed by atoms with Crippen LogP contribution in [0, 0.1) is 5.82 Å². The Labute approximate surface area is 119 Å². The summed E-state index contributed by atoms with van der Waals surface area (Å²) in [5, 5.41) is 6.34. The fourth-order valence-corrected chi connectivity index (χ4v) is 2.15. The molecule has 0 aliphatic heterocycles. The molecule has 3 aromatic rings. The van der Waals surface area contributed by atoms with Crippen molar-refractivity contribution in [1.82, 2.24) is 14.8 Å². The highest BCUT2D eigenvalue weighted by molar-refractivity contribution is 5.40. The lowest BCUT2D eigenvalue weighted by atomic mass is 10.1. The van der Waals surface area contributed by atoms with Crippen molar-refractivity contribution in [2.45, 2.75) is 6.42 Å². The Hall–Kier alpha value is -2.89. The first kappa shape index (κ1) is 13.1. The predicted octanol–water partition coefficient (Wildman–Crippen LogP) is 1.87. The monoisotopic (exact) mass is 284 g/mol. The number of H-pyrrole nitrogens is 1. The Bertz CT molecular complexity index is 820. The van der Waals surface area contributed by atoms with Crippen LogP contribution in [0.2, 0.25) is 0 Å². The summed E-state index contributed by atoms with van der Waals surface area (Å²) in [6, 6.07) is 13.3. The molecular formula is C15H13FN4O. The van der Waals surface area contributed by atoms with Gasteiger partial charge in [-0.3, -0.25) is 0 Å². The van der Waals surface area contributed by atoms with Gasteiger partial charge in [-0.1, -0.05) is 24.3 Å². The predicted molar refractivity (Wildman–Crippen MR) is 77.8 cm³/mol. The summed E-state index contributed by atoms with van der Waals surface area (Å²) >= 11 is 0. The highest BCUT2D eigenvalue weighted by atomic mass is 19.1. The SMILES string of the molecule is Nc1ccc(Cc2n[nH]c(=O)n2-c2ccccc2F)cc1. The number of benzene rings is 2. The quantitative estimate of drug-likeness (QED) is 0.721. The minimum Gasteiger partial charge on any atom is -0.399 e. The summed E-state index contributed by atoms with van der Waals surface area (Å²) < 4.78 is 15.1. The number of nitrogen functional groups attached to an aromatic ring is 1. The van der Waals surface area contributed by atoms with E-state index < -0.39 is 11.5 Å². The smallest absolute Gasteiger partial charge is 0.348 e. The fourth-order valence-electron chi connectivity index (χ4n) is 2.15. The standard InChI is InChI=1S/C15H13FN4O/c16-12-3-1-2-4-13(12)20-14(18-19-15(20)21)9-10-5-7-11(17)8-6-10/h1-8H,9,17H2,(H,19,21). The zero-order valence-corrected chi connectivity index (χ0v) is 11.1. The second kappa shape index (κ2) is 5.24. The van der Waals surface area contributed by atoms with Crippen molar-refractivity contribution < 1.29 is 4.39 Å². The van der Waals surface area contributed by atoms with E-state index in [2.05, 4.69) is 10.2 Å². The van der Waals surface area contributed by atoms with E-state index in [9.17, 15) is 9.18 Å². The molecule has 6 heteroatoms. The number of hydrogen-bond acceptors (Lipinski definition) is 3. The first-order valence-corrected chi connectivity index (χ1v) is 6.41. The number of nitrogens with zero attached hydrogens (tertiary/aromatic N) is 2. The molecule has 0 aliphatic rings. The summed E-state index contributed by atoms with van der Waals surface area (Å²) in [5.41, 5.74) is 6.94. The minimum absolute atomic E-state index is 0.182. The molecule has 5 nitrogen and oxygen atoms in total. The topological polar surface area (TPSA) is 76.7 Å². The van der Waals surface area contributed by atoms with Gasteiger partial charge in [0.05, 0.1) is 5.69 Å². The molecule has 106 valence electrons. The Kier molecular flexibility index (Phi) is 3.27. The van der Waals surface area contributed by atoms with Gasteiger partial charge in [-0.05, 0) is 29.8 Å². The molecule has 2 aromatic carbocycles. The lowest BCUT2D eigenvalue weighted by Gasteiger charge is -2.07. The maximum Gasteiger partial charge on any atom is 0.348 e. The molecular weight excluding hydrogens is 271 g/mol. The largest absolute Gasteiger partial charge is 0.399 e. The zero-order chi connectivity index (χ0) is 14.8. The van der Waals surface area contributed by atoms with E-state index in [0.29, 0.717) is 17.9 Å². The van der Waals surface area contributed by atoms with E-state index in [1.165, 1.54) is 10.6 Å². The fraction of sp³-hybridized carbons (Fsp3) is 0.0667. The van der Waals surface area contributed by atoms with Crippen molar-refractivity contribution in [2.24, 2.45) is 0 Å². The molecule has 0 aliphatic carbocycles. The van der Waals surface area contributed by atoms with Crippen LogP contribution in [0.4, 0.5) is 10.1 Å². The molecule has 0 saturated carbocycles. The van der Waals surface area contributed by atoms with Crippen LogP contribution in [-0.4, -0.2) is 14.8 Å². The van der Waals surface area contributed by atoms with Crippen molar-refractivity contribution in [3.63, 3.8) is 0 Å². The van der Waals surface area contributed by atoms with E-state index >= 15 is 0 Å². The van der Waals surface area contributed by atoms with Gasteiger partial charge in [-0.15, -0.1) is 0 Å². The second-order valence-corrected chi connectivity index (χ2v) is 4.65. The van der Waals surface area contributed by atoms with Crippen LogP contribution in [-0.2, 0) is 6.42 Å². The second-order valence-electron chi connectivity index (χ2n) is 4.65. The summed E-state index contributed by atoms with van der Waals surface area (Å²) in [5.74, 6) is -0.0329. The van der Waals surface area contributed by atoms with Crippen molar-refractivity contribution >= 4 is 5.69 Å². The molecule has 0 unspecified atom stereocenters. The number of rotatable bonds is 3. The molecule has 0 atom stereocenters. The molecule has 0 radical (unpaired) electrons. The Morgan fingerprint density at radius 1 is 1.14 bits per heavy atom. The average molecular weight is 284 g/mol. The summed E-state index contributed by atoms with van der Waals surface area (Å²) in [7, 11) is 0. The van der Waals surface area contributed by atoms with Gasteiger partial charge >= 0.3 is 5.69 Å². The maximum absolute atomic E-state index is 13.9. The number of nitrogens with two attached hydrogens (primary N) is 1. The van der Waals surface area contributed by atoms with Gasteiger partial charge in [0.15, 0.2) is 0 Å². The summed E-state index contributed by atoms with van der Waals surface area (Å²) in [4.78, 5) is 11.9. The van der Waals surface area contributed by atoms with Crippen molar-refractivity contribution in [3.8, 4) is 5.69 Å². The lowest BCUT2D eigenvalue weighted by Crippen LogP contribution is -2.18. The third kappa shape index (κ3) is 2.55. The van der Waals surface area contributed by atoms with Crippen LogP contribution in [0.15, 0.2) is 53.3 Å². The lowest BCUT2D eigenvalue weighted by molar-refractivity contribution is 0.614. The van der Waals surface area contributed by atoms with E-state index in [4.69, 9.17) is 5.73 Å². The summed E-state index contributed by atoms with van der Waals surface area (Å²) in [6.07, 6.45) is 0.396. The van der Waals surface area contributed by atoms with Crippen molar-refractivity contribution in [1.29, 1.82) is 0 Å². The van der Waals surface area contributed by atoms with Gasteiger partial charge in [-0.2, -0.15) is 5.10 Å². The Balaban J connectivity index is 2.04. The van der Waals surface area contributed by atoms with Gasteiger partial charge in [0, 0.05) is 12.1 Å². The van der Waals surface area contributed by atoms with Gasteiger partial charge in [0.25, 0.3) is 0 Å². The van der Waals surface area contributed by atoms with Crippen LogP contribution in [0.3, 0.4) is 0 Å². The third-order valence-corrected chi connectivity index (χ3v) is 3.18. The Morgan fingerprint density at radius 3 is 2.57 bits per heavy atom. The van der Waals surface area contributed by atoms with Gasteiger partial charge in [0.1, 0.15) is 11.6 Å². The third-order valence-electron chi connectivity index (χ3n) is 3.18. The van der Waals surface area contributed by atoms with Crippen molar-refractivity contribution in [2.75, 3.05) is 5.73 Å². The van der Waals surface area contributed by atoms with E-state index in [0.717, 1.165) is 5.56 Å². The van der Waals surface area contributed by atoms with E-state index in [1.54, 1.807) is 30.3 Å². The van der Waals surface area contributed by atoms with Gasteiger partial charge in [-0.25, -0.2) is 18.9 Å². The number of nitrogens with one attached hydrogen (secondary N) is 1. The first-order chi connectivity index (χ1) is 10.1. The molecule has 1 heterocycles. The highest BCUT2D eigenvalue weighted by Gasteiger charge is 2.13. The number of aromatic nitrogens is 3. The summed E-state index contributed by atoms with van der Waals surface area (Å²) in [6.45, 7) is 0. The molecule has 0 saturated heterocycles. The van der Waals surface area contributed by atoms with Crippen LogP contribution < -0.4 is 11.4 Å². The van der Waals surface area contributed by atoms with Crippen LogP contribution in [0.25, 0.3) is 5.69 Å². The van der Waals surface area contributed by atoms with Crippen LogP contribution in [0.1, 0.15) is 11.4 Å². The van der Waals surface area contributed by atoms with Gasteiger partial charge < -0.3 is 5.73 Å². The molecule has 0 amide bonds. The minimum atomic E-state index is -0.473. The Morgan fingerprint density at radius 2 is 1.86 bits per heavy atom. The molecule has 3 N–H and O–H groups in total. The van der Waals surface area contributed by atoms with Crippen LogP contribution >= 0.6 is 0 Å². The first-order valence-electron chi connectivity index (χ1n) is 6.41. The molecule has 21 heavy (non-hydrogen) atoms. The van der Waals surface area contributed by atoms with Crippen LogP contribution in [0.5, 0.6) is 0 Å². The maximum atomic E-state index is 13.9. The normalized spacial score (nSPS) is 10.7. The zero-order valence-electron chi connectivity index (χ0n) is 11.1. The molecule has 0 fully saturated rings. The number of para-hydroxylation sites is 1. The molecule has 0 spiro atoms. The van der Waals surface area contributed by atoms with Crippen molar-refractivity contribution in [3.05, 3.63) is 76.2 Å². The number of aromatic amines is 1. The molecule has 3 rings (SSSR count). The number of halogens is 1. The van der Waals surface area contributed by atoms with E-state index in [1.807, 2.05) is 12.1 Å². The number of hydrogen-bond donors (Lipinski definition) is 2. The average Bonchev–Trinajstić information content (AvgIpc) is 2.83.